The first kappa shape index (κ1) is 28.2. The number of ether oxygens (including phenoxy) is 2. The number of carbonyl (C=O) groups excluding carboxylic acids is 1. The number of carboxylic acid groups (broad SMARTS) is 1. The SMILES string of the molecule is CCC(NC(C)(C)CCC(C)C)Oc1ccc(CC(NC(=O)OCc2ccccc2)C(=O)O)cc1. The van der Waals surface area contributed by atoms with Crippen LogP contribution in [0.2, 0.25) is 0 Å². The molecule has 0 saturated carbocycles. The van der Waals surface area contributed by atoms with Crippen molar-refractivity contribution >= 4 is 12.1 Å². The predicted molar refractivity (Wildman–Crippen MR) is 137 cm³/mol. The number of rotatable bonds is 14. The summed E-state index contributed by atoms with van der Waals surface area (Å²) in [5.41, 5.74) is 1.56. The van der Waals surface area contributed by atoms with Crippen molar-refractivity contribution in [2.45, 2.75) is 84.7 Å². The lowest BCUT2D eigenvalue weighted by atomic mass is 9.93. The molecule has 0 aliphatic heterocycles. The van der Waals surface area contributed by atoms with Gasteiger partial charge in [-0.15, -0.1) is 0 Å². The normalized spacial score (nSPS) is 13.2. The van der Waals surface area contributed by atoms with Crippen molar-refractivity contribution in [1.82, 2.24) is 10.6 Å². The van der Waals surface area contributed by atoms with Crippen LogP contribution in [0.25, 0.3) is 0 Å². The maximum Gasteiger partial charge on any atom is 0.408 e. The molecule has 0 aromatic heterocycles. The molecule has 0 radical (unpaired) electrons. The lowest BCUT2D eigenvalue weighted by Crippen LogP contribution is -2.48. The third-order valence-electron chi connectivity index (χ3n) is 5.71. The highest BCUT2D eigenvalue weighted by atomic mass is 16.5. The quantitative estimate of drug-likeness (QED) is 0.305. The van der Waals surface area contributed by atoms with E-state index in [2.05, 4.69) is 45.3 Å². The maximum atomic E-state index is 12.1. The molecule has 2 unspecified atom stereocenters. The Kier molecular flexibility index (Phi) is 11.1. The first-order valence-corrected chi connectivity index (χ1v) is 12.3. The van der Waals surface area contributed by atoms with Gasteiger partial charge in [0, 0.05) is 12.0 Å². The van der Waals surface area contributed by atoms with Gasteiger partial charge < -0.3 is 19.9 Å². The molecule has 0 spiro atoms. The van der Waals surface area contributed by atoms with Crippen molar-refractivity contribution in [2.24, 2.45) is 5.92 Å². The summed E-state index contributed by atoms with van der Waals surface area (Å²) in [6.45, 7) is 11.0. The lowest BCUT2D eigenvalue weighted by Gasteiger charge is -2.32. The average molecular weight is 485 g/mol. The van der Waals surface area contributed by atoms with Gasteiger partial charge in [-0.05, 0) is 62.3 Å². The molecule has 192 valence electrons. The van der Waals surface area contributed by atoms with Crippen LogP contribution in [0, 0.1) is 5.92 Å². The molecule has 7 nitrogen and oxygen atoms in total. The van der Waals surface area contributed by atoms with E-state index >= 15 is 0 Å². The van der Waals surface area contributed by atoms with Gasteiger partial charge in [-0.25, -0.2) is 9.59 Å². The Balaban J connectivity index is 1.89. The smallest absolute Gasteiger partial charge is 0.408 e. The number of hydrogen-bond acceptors (Lipinski definition) is 5. The van der Waals surface area contributed by atoms with Gasteiger partial charge >= 0.3 is 12.1 Å². The number of carboxylic acids is 1. The third kappa shape index (κ3) is 10.8. The topological polar surface area (TPSA) is 96.9 Å². The number of aliphatic carboxylic acids is 1. The fourth-order valence-electron chi connectivity index (χ4n) is 3.58. The van der Waals surface area contributed by atoms with Crippen molar-refractivity contribution in [3.63, 3.8) is 0 Å². The number of alkyl carbamates (subject to hydrolysis) is 1. The molecule has 0 fully saturated rings. The van der Waals surface area contributed by atoms with E-state index < -0.39 is 18.1 Å². The fraction of sp³-hybridized carbons (Fsp3) is 0.500. The second kappa shape index (κ2) is 13.7. The predicted octanol–water partition coefficient (Wildman–Crippen LogP) is 5.53. The molecule has 0 saturated heterocycles. The Labute approximate surface area is 209 Å². The van der Waals surface area contributed by atoms with Crippen LogP contribution in [-0.2, 0) is 22.6 Å². The summed E-state index contributed by atoms with van der Waals surface area (Å²) in [7, 11) is 0. The van der Waals surface area contributed by atoms with E-state index in [1.54, 1.807) is 0 Å². The zero-order valence-electron chi connectivity index (χ0n) is 21.5. The Morgan fingerprint density at radius 2 is 1.66 bits per heavy atom. The number of nitrogens with one attached hydrogen (secondary N) is 2. The van der Waals surface area contributed by atoms with Gasteiger partial charge in [0.05, 0.1) is 0 Å². The first-order chi connectivity index (χ1) is 16.6. The molecular weight excluding hydrogens is 444 g/mol. The van der Waals surface area contributed by atoms with Crippen molar-refractivity contribution in [2.75, 3.05) is 0 Å². The highest BCUT2D eigenvalue weighted by Crippen LogP contribution is 2.20. The van der Waals surface area contributed by atoms with Gasteiger partial charge in [-0.2, -0.15) is 0 Å². The van der Waals surface area contributed by atoms with Gasteiger partial charge in [0.1, 0.15) is 24.6 Å². The van der Waals surface area contributed by atoms with E-state index in [-0.39, 0.29) is 24.8 Å². The minimum Gasteiger partial charge on any atom is -0.480 e. The average Bonchev–Trinajstić information content (AvgIpc) is 2.82. The zero-order valence-corrected chi connectivity index (χ0v) is 21.5. The molecule has 0 bridgehead atoms. The standard InChI is InChI=1S/C28H40N2O5/c1-6-25(30-28(4,5)17-16-20(2)3)35-23-14-12-21(13-15-23)18-24(26(31)32)29-27(33)34-19-22-10-8-7-9-11-22/h7-15,20,24-25,30H,6,16-19H2,1-5H3,(H,29,33)(H,31,32). The Bertz CT molecular complexity index is 913. The van der Waals surface area contributed by atoms with Crippen LogP contribution in [0.5, 0.6) is 5.75 Å². The number of benzene rings is 2. The van der Waals surface area contributed by atoms with Crippen LogP contribution in [0.15, 0.2) is 54.6 Å². The molecule has 2 aromatic rings. The van der Waals surface area contributed by atoms with Crippen molar-refractivity contribution in [1.29, 1.82) is 0 Å². The lowest BCUT2D eigenvalue weighted by molar-refractivity contribution is -0.139. The number of carbonyl (C=O) groups is 2. The molecule has 2 atom stereocenters. The summed E-state index contributed by atoms with van der Waals surface area (Å²) in [5.74, 6) is 0.232. The van der Waals surface area contributed by atoms with E-state index in [1.807, 2.05) is 54.6 Å². The summed E-state index contributed by atoms with van der Waals surface area (Å²) < 4.78 is 11.3. The summed E-state index contributed by atoms with van der Waals surface area (Å²) >= 11 is 0. The van der Waals surface area contributed by atoms with Crippen LogP contribution in [0.3, 0.4) is 0 Å². The first-order valence-electron chi connectivity index (χ1n) is 12.3. The van der Waals surface area contributed by atoms with E-state index in [1.165, 1.54) is 0 Å². The summed E-state index contributed by atoms with van der Waals surface area (Å²) in [6, 6.07) is 15.4. The maximum absolute atomic E-state index is 12.1. The van der Waals surface area contributed by atoms with Gasteiger partial charge in [0.15, 0.2) is 0 Å². The molecule has 1 amide bonds. The van der Waals surface area contributed by atoms with Gasteiger partial charge in [0.2, 0.25) is 0 Å². The minimum absolute atomic E-state index is 0.0413. The largest absolute Gasteiger partial charge is 0.480 e. The molecule has 0 heterocycles. The van der Waals surface area contributed by atoms with Crippen molar-refractivity contribution < 1.29 is 24.2 Å². The van der Waals surface area contributed by atoms with Crippen LogP contribution in [-0.4, -0.2) is 35.0 Å². The van der Waals surface area contributed by atoms with E-state index in [0.717, 1.165) is 30.4 Å². The molecule has 2 aromatic carbocycles. The number of amides is 1. The van der Waals surface area contributed by atoms with E-state index in [0.29, 0.717) is 11.7 Å². The van der Waals surface area contributed by atoms with Crippen LogP contribution in [0.1, 0.15) is 65.0 Å². The molecule has 2 rings (SSSR count). The third-order valence-corrected chi connectivity index (χ3v) is 5.71. The fourth-order valence-corrected chi connectivity index (χ4v) is 3.58. The molecule has 7 heteroatoms. The van der Waals surface area contributed by atoms with E-state index in [9.17, 15) is 14.7 Å². The highest BCUT2D eigenvalue weighted by Gasteiger charge is 2.23. The molecule has 0 aliphatic carbocycles. The van der Waals surface area contributed by atoms with Crippen molar-refractivity contribution in [3.05, 3.63) is 65.7 Å². The van der Waals surface area contributed by atoms with Crippen LogP contribution >= 0.6 is 0 Å². The van der Waals surface area contributed by atoms with Gasteiger partial charge in [0.25, 0.3) is 0 Å². The minimum atomic E-state index is -1.12. The number of hydrogen-bond donors (Lipinski definition) is 3. The molecule has 0 aliphatic rings. The zero-order chi connectivity index (χ0) is 25.8. The van der Waals surface area contributed by atoms with Crippen LogP contribution < -0.4 is 15.4 Å². The Morgan fingerprint density at radius 3 is 2.23 bits per heavy atom. The highest BCUT2D eigenvalue weighted by molar-refractivity contribution is 5.80. The second-order valence-corrected chi connectivity index (χ2v) is 9.92. The summed E-state index contributed by atoms with van der Waals surface area (Å²) in [5, 5.41) is 15.6. The van der Waals surface area contributed by atoms with Gasteiger partial charge in [-0.1, -0.05) is 63.2 Å². The summed E-state index contributed by atoms with van der Waals surface area (Å²) in [6.07, 6.45) is 2.25. The molecular formula is C28H40N2O5. The van der Waals surface area contributed by atoms with Gasteiger partial charge in [-0.3, -0.25) is 5.32 Å². The molecule has 35 heavy (non-hydrogen) atoms. The van der Waals surface area contributed by atoms with E-state index in [4.69, 9.17) is 9.47 Å². The van der Waals surface area contributed by atoms with Crippen molar-refractivity contribution in [3.8, 4) is 5.75 Å². The Hall–Kier alpha value is -3.06. The second-order valence-electron chi connectivity index (χ2n) is 9.92. The Morgan fingerprint density at radius 1 is 1.00 bits per heavy atom. The monoisotopic (exact) mass is 484 g/mol. The summed E-state index contributed by atoms with van der Waals surface area (Å²) in [4.78, 5) is 23.8. The molecule has 3 N–H and O–H groups in total. The van der Waals surface area contributed by atoms with Crippen LogP contribution in [0.4, 0.5) is 4.79 Å².